The minimum Gasteiger partial charge on any atom is -0.448 e. The molecule has 0 saturated carbocycles. The zero-order chi connectivity index (χ0) is 17.0. The van der Waals surface area contributed by atoms with Gasteiger partial charge in [-0.25, -0.2) is 4.79 Å². The first-order valence-electron chi connectivity index (χ1n) is 6.75. The van der Waals surface area contributed by atoms with E-state index in [1.807, 2.05) is 6.07 Å². The summed E-state index contributed by atoms with van der Waals surface area (Å²) in [5.74, 6) is -1.08. The lowest BCUT2D eigenvalue weighted by Gasteiger charge is -2.14. The molecule has 1 amide bonds. The molecule has 0 fully saturated rings. The Labute approximate surface area is 138 Å². The second-order valence-corrected chi connectivity index (χ2v) is 5.25. The number of carbonyl (C=O) groups excluding carboxylic acids is 2. The van der Waals surface area contributed by atoms with Crippen molar-refractivity contribution < 1.29 is 14.3 Å². The zero-order valence-electron chi connectivity index (χ0n) is 12.5. The van der Waals surface area contributed by atoms with E-state index in [4.69, 9.17) is 21.6 Å². The van der Waals surface area contributed by atoms with Crippen LogP contribution in [0.4, 0.5) is 5.69 Å². The van der Waals surface area contributed by atoms with Gasteiger partial charge in [0.25, 0.3) is 5.91 Å². The van der Waals surface area contributed by atoms with E-state index in [0.717, 1.165) is 0 Å². The Kier molecular flexibility index (Phi) is 5.04. The maximum atomic E-state index is 12.1. The van der Waals surface area contributed by atoms with Crippen molar-refractivity contribution in [2.24, 2.45) is 7.05 Å². The van der Waals surface area contributed by atoms with Crippen LogP contribution in [-0.2, 0) is 16.6 Å². The third kappa shape index (κ3) is 3.90. The van der Waals surface area contributed by atoms with Crippen molar-refractivity contribution >= 4 is 29.2 Å². The second kappa shape index (κ2) is 6.99. The van der Waals surface area contributed by atoms with E-state index in [0.29, 0.717) is 16.9 Å². The van der Waals surface area contributed by atoms with Crippen molar-refractivity contribution in [2.75, 3.05) is 5.32 Å². The monoisotopic (exact) mass is 331 g/mol. The fraction of sp³-hybridized carbons (Fsp3) is 0.188. The van der Waals surface area contributed by atoms with Crippen LogP contribution < -0.4 is 5.32 Å². The maximum Gasteiger partial charge on any atom is 0.355 e. The minimum atomic E-state index is -0.980. The van der Waals surface area contributed by atoms with Gasteiger partial charge in [-0.05, 0) is 37.3 Å². The van der Waals surface area contributed by atoms with E-state index < -0.39 is 18.0 Å². The predicted octanol–water partition coefficient (Wildman–Crippen LogP) is 2.73. The molecule has 1 atom stereocenters. The summed E-state index contributed by atoms with van der Waals surface area (Å²) in [6.45, 7) is 1.47. The number of carbonyl (C=O) groups is 2. The molecule has 0 spiro atoms. The van der Waals surface area contributed by atoms with Crippen molar-refractivity contribution in [3.8, 4) is 6.07 Å². The Bertz CT molecular complexity index is 792. The lowest BCUT2D eigenvalue weighted by molar-refractivity contribution is -0.123. The number of hydrogen-bond donors (Lipinski definition) is 1. The molecule has 1 aromatic carbocycles. The van der Waals surface area contributed by atoms with E-state index in [1.54, 1.807) is 36.0 Å². The van der Waals surface area contributed by atoms with Crippen molar-refractivity contribution in [1.82, 2.24) is 4.57 Å². The first-order chi connectivity index (χ1) is 10.9. The van der Waals surface area contributed by atoms with Gasteiger partial charge in [-0.1, -0.05) is 11.6 Å². The van der Waals surface area contributed by atoms with Crippen LogP contribution >= 0.6 is 11.6 Å². The van der Waals surface area contributed by atoms with Gasteiger partial charge in [-0.15, -0.1) is 0 Å². The summed E-state index contributed by atoms with van der Waals surface area (Å²) < 4.78 is 6.73. The average Bonchev–Trinajstić information content (AvgIpc) is 2.93. The quantitative estimate of drug-likeness (QED) is 0.873. The van der Waals surface area contributed by atoms with E-state index >= 15 is 0 Å². The summed E-state index contributed by atoms with van der Waals surface area (Å²) in [7, 11) is 1.71. The predicted molar refractivity (Wildman–Crippen MR) is 85.1 cm³/mol. The molecule has 0 unspecified atom stereocenters. The summed E-state index contributed by atoms with van der Waals surface area (Å²) in [6, 6.07) is 9.75. The van der Waals surface area contributed by atoms with Crippen LogP contribution in [0.5, 0.6) is 0 Å². The fourth-order valence-corrected chi connectivity index (χ4v) is 2.10. The number of esters is 1. The van der Waals surface area contributed by atoms with Crippen LogP contribution in [-0.4, -0.2) is 22.5 Å². The highest BCUT2D eigenvalue weighted by Gasteiger charge is 2.20. The average molecular weight is 332 g/mol. The van der Waals surface area contributed by atoms with Gasteiger partial charge in [0.05, 0.1) is 10.6 Å². The van der Waals surface area contributed by atoms with Gasteiger partial charge < -0.3 is 14.6 Å². The minimum absolute atomic E-state index is 0.235. The van der Waals surface area contributed by atoms with Crippen molar-refractivity contribution in [1.29, 1.82) is 5.26 Å². The third-order valence-corrected chi connectivity index (χ3v) is 3.48. The number of halogens is 1. The van der Waals surface area contributed by atoms with Gasteiger partial charge in [0, 0.05) is 18.9 Å². The number of nitrogens with zero attached hydrogens (tertiary/aromatic N) is 2. The molecule has 6 nitrogen and oxygen atoms in total. The van der Waals surface area contributed by atoms with E-state index in [1.165, 1.54) is 19.1 Å². The highest BCUT2D eigenvalue weighted by molar-refractivity contribution is 6.32. The highest BCUT2D eigenvalue weighted by Crippen LogP contribution is 2.20. The number of nitrogens with one attached hydrogen (secondary N) is 1. The lowest BCUT2D eigenvalue weighted by Crippen LogP contribution is -2.30. The van der Waals surface area contributed by atoms with E-state index in [-0.39, 0.29) is 5.02 Å². The number of rotatable bonds is 4. The molecule has 0 bridgehead atoms. The maximum absolute atomic E-state index is 12.1. The largest absolute Gasteiger partial charge is 0.448 e. The number of hydrogen-bond acceptors (Lipinski definition) is 4. The number of anilines is 1. The summed E-state index contributed by atoms with van der Waals surface area (Å²) in [6.07, 6.45) is 0.729. The highest BCUT2D eigenvalue weighted by atomic mass is 35.5. The molecule has 0 aliphatic carbocycles. The molecular formula is C16H14ClN3O3. The van der Waals surface area contributed by atoms with Crippen LogP contribution in [0.15, 0.2) is 36.5 Å². The summed E-state index contributed by atoms with van der Waals surface area (Å²) in [5.41, 5.74) is 1.08. The number of aromatic nitrogens is 1. The third-order valence-electron chi connectivity index (χ3n) is 3.16. The van der Waals surface area contributed by atoms with Gasteiger partial charge in [0.1, 0.15) is 11.8 Å². The van der Waals surface area contributed by atoms with Crippen LogP contribution in [0.2, 0.25) is 5.02 Å². The van der Waals surface area contributed by atoms with E-state index in [9.17, 15) is 9.59 Å². The molecule has 1 heterocycles. The molecule has 0 aliphatic rings. The van der Waals surface area contributed by atoms with Crippen molar-refractivity contribution in [3.63, 3.8) is 0 Å². The molecule has 1 N–H and O–H groups in total. The molecule has 0 aliphatic heterocycles. The van der Waals surface area contributed by atoms with Crippen molar-refractivity contribution in [3.05, 3.63) is 52.8 Å². The molecule has 2 aromatic rings. The summed E-state index contributed by atoms with van der Waals surface area (Å²) >= 11 is 5.90. The van der Waals surface area contributed by atoms with Gasteiger partial charge in [-0.2, -0.15) is 5.26 Å². The number of ether oxygens (including phenoxy) is 1. The van der Waals surface area contributed by atoms with Gasteiger partial charge in [-0.3, -0.25) is 4.79 Å². The molecule has 1 aromatic heterocycles. The number of aryl methyl sites for hydroxylation is 1. The number of amides is 1. The molecular weight excluding hydrogens is 318 g/mol. The molecule has 7 heteroatoms. The summed E-state index contributed by atoms with van der Waals surface area (Å²) in [5, 5.41) is 11.6. The summed E-state index contributed by atoms with van der Waals surface area (Å²) in [4.78, 5) is 24.0. The van der Waals surface area contributed by atoms with Crippen LogP contribution in [0, 0.1) is 11.3 Å². The Hall–Kier alpha value is -2.78. The molecule has 2 rings (SSSR count). The van der Waals surface area contributed by atoms with Gasteiger partial charge in [0.15, 0.2) is 6.10 Å². The Morgan fingerprint density at radius 3 is 2.70 bits per heavy atom. The topological polar surface area (TPSA) is 84.1 Å². The first-order valence-corrected chi connectivity index (χ1v) is 7.13. The van der Waals surface area contributed by atoms with Gasteiger partial charge >= 0.3 is 5.97 Å². The van der Waals surface area contributed by atoms with Crippen LogP contribution in [0.25, 0.3) is 0 Å². The molecule has 0 radical (unpaired) electrons. The van der Waals surface area contributed by atoms with Gasteiger partial charge in [0.2, 0.25) is 0 Å². The smallest absolute Gasteiger partial charge is 0.355 e. The Morgan fingerprint density at radius 2 is 2.13 bits per heavy atom. The Morgan fingerprint density at radius 1 is 1.39 bits per heavy atom. The molecule has 23 heavy (non-hydrogen) atoms. The standard InChI is InChI=1S/C16H14ClN3O3/c1-10(23-16(22)14-4-3-7-20(14)2)15(21)19-12-6-5-11(9-18)13(17)8-12/h3-8,10H,1-2H3,(H,19,21)/t10-/m1/s1. The fourth-order valence-electron chi connectivity index (χ4n) is 1.88. The molecule has 118 valence electrons. The lowest BCUT2D eigenvalue weighted by atomic mass is 10.2. The van der Waals surface area contributed by atoms with E-state index in [2.05, 4.69) is 5.32 Å². The van der Waals surface area contributed by atoms with Crippen LogP contribution in [0.3, 0.4) is 0 Å². The van der Waals surface area contributed by atoms with Crippen LogP contribution in [0.1, 0.15) is 23.0 Å². The number of nitriles is 1. The number of benzene rings is 1. The Balaban J connectivity index is 2.00. The van der Waals surface area contributed by atoms with Crippen molar-refractivity contribution in [2.45, 2.75) is 13.0 Å². The second-order valence-electron chi connectivity index (χ2n) is 4.85. The first kappa shape index (κ1) is 16.6. The SMILES string of the molecule is C[C@@H](OC(=O)c1cccn1C)C(=O)Nc1ccc(C#N)c(Cl)c1. The molecule has 0 saturated heterocycles. The zero-order valence-corrected chi connectivity index (χ0v) is 13.3. The normalized spacial score (nSPS) is 11.4.